The number of nitrogens with zero attached hydrogens (tertiary/aromatic N) is 2. The van der Waals surface area contributed by atoms with Crippen LogP contribution < -0.4 is 16.1 Å². The molecule has 0 bridgehead atoms. The van der Waals surface area contributed by atoms with Gasteiger partial charge < -0.3 is 15.5 Å². The second kappa shape index (κ2) is 9.87. The Kier molecular flexibility index (Phi) is 8.18. The number of hydrogen-bond donors (Lipinski definition) is 3. The largest absolute Gasteiger partial charge is 0.343 e. The Labute approximate surface area is 161 Å². The summed E-state index contributed by atoms with van der Waals surface area (Å²) in [6, 6.07) is 9.37. The van der Waals surface area contributed by atoms with E-state index >= 15 is 0 Å². The molecule has 2 amide bonds. The van der Waals surface area contributed by atoms with Gasteiger partial charge in [-0.05, 0) is 33.5 Å². The lowest BCUT2D eigenvalue weighted by atomic mass is 9.81. The summed E-state index contributed by atoms with van der Waals surface area (Å²) in [4.78, 5) is 25.6. The Morgan fingerprint density at radius 1 is 1.22 bits per heavy atom. The molecule has 0 fully saturated rings. The minimum atomic E-state index is -0.679. The lowest BCUT2D eigenvalue weighted by molar-refractivity contribution is -0.128. The summed E-state index contributed by atoms with van der Waals surface area (Å²) in [7, 11) is 3.57. The van der Waals surface area contributed by atoms with Crippen LogP contribution in [-0.2, 0) is 15.0 Å². The SMILES string of the molecule is C=C(N/N=C(\C)C(C)(C)c1ccccc1)NC(=O)[C@H](C)NC(=O)CN(C)C. The van der Waals surface area contributed by atoms with Gasteiger partial charge in [0.2, 0.25) is 11.8 Å². The normalized spacial score (nSPS) is 13.1. The Hall–Kier alpha value is -2.67. The standard InChI is InChI=1S/C20H31N5O2/c1-14(21-18(26)13-25(6)7)19(27)22-16(3)24-23-15(2)20(4,5)17-11-9-8-10-12-17/h8-12,14,24H,3,13H2,1-2,4-7H3,(H,21,26)(H,22,27)/b23-15+/t14-/m0/s1. The van der Waals surface area contributed by atoms with Gasteiger partial charge in [0, 0.05) is 11.1 Å². The van der Waals surface area contributed by atoms with Gasteiger partial charge in [-0.2, -0.15) is 5.10 Å². The van der Waals surface area contributed by atoms with E-state index in [1.54, 1.807) is 25.9 Å². The average Bonchev–Trinajstić information content (AvgIpc) is 2.59. The number of rotatable bonds is 9. The Bertz CT molecular complexity index is 696. The lowest BCUT2D eigenvalue weighted by Crippen LogP contribution is -2.47. The molecule has 0 aliphatic rings. The van der Waals surface area contributed by atoms with Gasteiger partial charge in [-0.1, -0.05) is 50.8 Å². The highest BCUT2D eigenvalue weighted by Gasteiger charge is 2.24. The molecule has 0 saturated carbocycles. The van der Waals surface area contributed by atoms with Gasteiger partial charge in [-0.25, -0.2) is 0 Å². The molecule has 3 N–H and O–H groups in total. The fourth-order valence-corrected chi connectivity index (χ4v) is 2.28. The molecule has 0 saturated heterocycles. The smallest absolute Gasteiger partial charge is 0.247 e. The molecular formula is C20H31N5O2. The van der Waals surface area contributed by atoms with Crippen LogP contribution in [0.15, 0.2) is 47.8 Å². The van der Waals surface area contributed by atoms with Gasteiger partial charge in [0.05, 0.1) is 6.54 Å². The van der Waals surface area contributed by atoms with Crippen LogP contribution in [0.25, 0.3) is 0 Å². The third-order valence-electron chi connectivity index (χ3n) is 4.26. The molecule has 0 aliphatic carbocycles. The molecule has 1 aromatic rings. The number of benzene rings is 1. The second-order valence-electron chi connectivity index (χ2n) is 7.29. The lowest BCUT2D eigenvalue weighted by Gasteiger charge is -2.25. The van der Waals surface area contributed by atoms with Gasteiger partial charge in [0.25, 0.3) is 0 Å². The van der Waals surface area contributed by atoms with Crippen LogP contribution in [-0.4, -0.2) is 49.1 Å². The summed E-state index contributed by atoms with van der Waals surface area (Å²) in [5, 5.41) is 9.58. The first kappa shape index (κ1) is 22.4. The van der Waals surface area contributed by atoms with E-state index in [1.165, 1.54) is 0 Å². The summed E-state index contributed by atoms with van der Waals surface area (Å²) < 4.78 is 0. The third-order valence-corrected chi connectivity index (χ3v) is 4.26. The van der Waals surface area contributed by atoms with Crippen molar-refractivity contribution in [1.82, 2.24) is 21.0 Å². The molecule has 0 spiro atoms. The zero-order valence-corrected chi connectivity index (χ0v) is 17.1. The molecule has 1 aromatic carbocycles. The van der Waals surface area contributed by atoms with E-state index in [1.807, 2.05) is 37.3 Å². The van der Waals surface area contributed by atoms with Gasteiger partial charge in [-0.15, -0.1) is 0 Å². The van der Waals surface area contributed by atoms with E-state index in [-0.39, 0.29) is 29.6 Å². The van der Waals surface area contributed by atoms with Gasteiger partial charge in [-0.3, -0.25) is 15.0 Å². The first-order valence-corrected chi connectivity index (χ1v) is 8.84. The monoisotopic (exact) mass is 373 g/mol. The number of nitrogens with one attached hydrogen (secondary N) is 3. The Balaban J connectivity index is 2.59. The van der Waals surface area contributed by atoms with Crippen LogP contribution in [0.2, 0.25) is 0 Å². The number of amides is 2. The summed E-state index contributed by atoms with van der Waals surface area (Å²) in [6.07, 6.45) is 0. The number of carbonyl (C=O) groups excluding carboxylic acids is 2. The van der Waals surface area contributed by atoms with Crippen LogP contribution in [0.3, 0.4) is 0 Å². The number of hydrazone groups is 1. The van der Waals surface area contributed by atoms with Crippen LogP contribution in [0, 0.1) is 0 Å². The first-order valence-electron chi connectivity index (χ1n) is 8.84. The molecule has 0 radical (unpaired) electrons. The number of likely N-dealkylation sites (N-methyl/N-ethyl adjacent to an activating group) is 1. The van der Waals surface area contributed by atoms with Crippen molar-refractivity contribution < 1.29 is 9.59 Å². The van der Waals surface area contributed by atoms with Crippen molar-refractivity contribution in [3.05, 3.63) is 48.3 Å². The molecule has 0 unspecified atom stereocenters. The third kappa shape index (κ3) is 7.22. The van der Waals surface area contributed by atoms with Crippen molar-refractivity contribution in [2.24, 2.45) is 5.10 Å². The van der Waals surface area contributed by atoms with E-state index in [0.717, 1.165) is 11.3 Å². The summed E-state index contributed by atoms with van der Waals surface area (Å²) in [6.45, 7) is 11.7. The zero-order chi connectivity index (χ0) is 20.6. The van der Waals surface area contributed by atoms with Crippen molar-refractivity contribution >= 4 is 17.5 Å². The highest BCUT2D eigenvalue weighted by molar-refractivity contribution is 5.92. The van der Waals surface area contributed by atoms with Crippen LogP contribution in [0.1, 0.15) is 33.3 Å². The molecule has 27 heavy (non-hydrogen) atoms. The molecule has 148 valence electrons. The molecule has 0 aromatic heterocycles. The van der Waals surface area contributed by atoms with E-state index < -0.39 is 6.04 Å². The number of carbonyl (C=O) groups is 2. The van der Waals surface area contributed by atoms with E-state index in [2.05, 4.69) is 41.6 Å². The van der Waals surface area contributed by atoms with Crippen molar-refractivity contribution in [3.8, 4) is 0 Å². The summed E-state index contributed by atoms with van der Waals surface area (Å²) in [5.41, 5.74) is 4.48. The fourth-order valence-electron chi connectivity index (χ4n) is 2.28. The van der Waals surface area contributed by atoms with Crippen LogP contribution in [0.5, 0.6) is 0 Å². The van der Waals surface area contributed by atoms with Gasteiger partial charge in [0.15, 0.2) is 0 Å². The first-order chi connectivity index (χ1) is 12.5. The topological polar surface area (TPSA) is 85.8 Å². The Morgan fingerprint density at radius 2 is 1.81 bits per heavy atom. The molecule has 0 heterocycles. The second-order valence-corrected chi connectivity index (χ2v) is 7.29. The average molecular weight is 374 g/mol. The maximum atomic E-state index is 12.1. The van der Waals surface area contributed by atoms with E-state index in [4.69, 9.17) is 0 Å². The van der Waals surface area contributed by atoms with Crippen molar-refractivity contribution in [2.75, 3.05) is 20.6 Å². The van der Waals surface area contributed by atoms with E-state index in [9.17, 15) is 9.59 Å². The Morgan fingerprint density at radius 3 is 2.37 bits per heavy atom. The molecule has 1 rings (SSSR count). The fraction of sp³-hybridized carbons (Fsp3) is 0.450. The predicted octanol–water partition coefficient (Wildman–Crippen LogP) is 1.58. The summed E-state index contributed by atoms with van der Waals surface area (Å²) >= 11 is 0. The molecule has 1 atom stereocenters. The van der Waals surface area contributed by atoms with E-state index in [0.29, 0.717) is 0 Å². The molecule has 0 aliphatic heterocycles. The van der Waals surface area contributed by atoms with Crippen molar-refractivity contribution in [3.63, 3.8) is 0 Å². The quantitative estimate of drug-likeness (QED) is 0.453. The van der Waals surface area contributed by atoms with Crippen molar-refractivity contribution in [1.29, 1.82) is 0 Å². The molecular weight excluding hydrogens is 342 g/mol. The van der Waals surface area contributed by atoms with Crippen LogP contribution >= 0.6 is 0 Å². The predicted molar refractivity (Wildman–Crippen MR) is 109 cm³/mol. The highest BCUT2D eigenvalue weighted by Crippen LogP contribution is 2.24. The zero-order valence-electron chi connectivity index (χ0n) is 17.1. The molecule has 7 nitrogen and oxygen atoms in total. The molecule has 7 heteroatoms. The highest BCUT2D eigenvalue weighted by atomic mass is 16.2. The van der Waals surface area contributed by atoms with Gasteiger partial charge in [0.1, 0.15) is 11.9 Å². The van der Waals surface area contributed by atoms with Crippen molar-refractivity contribution in [2.45, 2.75) is 39.2 Å². The maximum absolute atomic E-state index is 12.1. The van der Waals surface area contributed by atoms with Crippen LogP contribution in [0.4, 0.5) is 0 Å². The summed E-state index contributed by atoms with van der Waals surface area (Å²) in [5.74, 6) is -0.341. The maximum Gasteiger partial charge on any atom is 0.247 e. The number of hydrogen-bond acceptors (Lipinski definition) is 5. The minimum Gasteiger partial charge on any atom is -0.343 e. The van der Waals surface area contributed by atoms with Gasteiger partial charge >= 0.3 is 0 Å². The minimum absolute atomic E-state index is 0.217.